The number of amides is 1. The fourth-order valence-electron chi connectivity index (χ4n) is 5.02. The third-order valence-corrected chi connectivity index (χ3v) is 6.83. The number of aryl methyl sites for hydroxylation is 2. The number of hydrogen-bond donors (Lipinski definition) is 0. The van der Waals surface area contributed by atoms with Gasteiger partial charge < -0.3 is 18.9 Å². The largest absolute Gasteiger partial charge is 0.491 e. The molecule has 0 radical (unpaired) electrons. The van der Waals surface area contributed by atoms with Crippen LogP contribution in [-0.4, -0.2) is 44.1 Å². The molecule has 0 N–H and O–H groups in total. The molecular formula is C31H38N4O3. The van der Waals surface area contributed by atoms with Crippen LogP contribution in [0.2, 0.25) is 0 Å². The molecule has 0 saturated heterocycles. The van der Waals surface area contributed by atoms with Gasteiger partial charge in [0.2, 0.25) is 0 Å². The lowest BCUT2D eigenvalue weighted by atomic mass is 9.99. The van der Waals surface area contributed by atoms with Crippen LogP contribution in [-0.2, 0) is 24.8 Å². The highest BCUT2D eigenvalue weighted by Crippen LogP contribution is 2.38. The lowest BCUT2D eigenvalue weighted by molar-refractivity contribution is 0.0224. The summed E-state index contributed by atoms with van der Waals surface area (Å²) >= 11 is 0. The zero-order chi connectivity index (χ0) is 27.2. The average molecular weight is 515 g/mol. The molecule has 2 aromatic heterocycles. The van der Waals surface area contributed by atoms with Crippen LogP contribution in [0.25, 0.3) is 27.8 Å². The van der Waals surface area contributed by atoms with Gasteiger partial charge in [-0.3, -0.25) is 0 Å². The highest BCUT2D eigenvalue weighted by Gasteiger charge is 2.32. The normalized spacial score (nSPS) is 13.7. The summed E-state index contributed by atoms with van der Waals surface area (Å²) in [5.41, 5.74) is 6.74. The van der Waals surface area contributed by atoms with Crippen LogP contribution in [0, 0.1) is 12.8 Å². The van der Waals surface area contributed by atoms with Crippen molar-refractivity contribution in [2.24, 2.45) is 13.0 Å². The Morgan fingerprint density at radius 2 is 1.92 bits per heavy atom. The first kappa shape index (κ1) is 25.9. The van der Waals surface area contributed by atoms with E-state index in [1.165, 1.54) is 5.52 Å². The van der Waals surface area contributed by atoms with Crippen LogP contribution in [0.3, 0.4) is 0 Å². The van der Waals surface area contributed by atoms with Crippen LogP contribution in [0.15, 0.2) is 48.7 Å². The number of rotatable bonds is 5. The van der Waals surface area contributed by atoms with E-state index < -0.39 is 5.60 Å². The van der Waals surface area contributed by atoms with E-state index in [-0.39, 0.29) is 6.09 Å². The summed E-state index contributed by atoms with van der Waals surface area (Å²) in [6.45, 7) is 13.7. The van der Waals surface area contributed by atoms with E-state index in [0.29, 0.717) is 32.0 Å². The molecule has 1 amide bonds. The van der Waals surface area contributed by atoms with Crippen molar-refractivity contribution in [2.75, 3.05) is 13.2 Å². The Morgan fingerprint density at radius 1 is 1.13 bits per heavy atom. The summed E-state index contributed by atoms with van der Waals surface area (Å²) in [5, 5.41) is 6.31. The summed E-state index contributed by atoms with van der Waals surface area (Å²) in [6.07, 6.45) is 2.44. The third kappa shape index (κ3) is 5.02. The van der Waals surface area contributed by atoms with Crippen LogP contribution < -0.4 is 4.74 Å². The van der Waals surface area contributed by atoms with Crippen molar-refractivity contribution < 1.29 is 14.3 Å². The first-order valence-corrected chi connectivity index (χ1v) is 13.4. The molecule has 0 spiro atoms. The molecule has 1 aliphatic heterocycles. The Balaban J connectivity index is 1.67. The van der Waals surface area contributed by atoms with E-state index in [2.05, 4.69) is 68.9 Å². The van der Waals surface area contributed by atoms with Crippen molar-refractivity contribution in [2.45, 2.75) is 60.1 Å². The molecule has 4 aromatic rings. The van der Waals surface area contributed by atoms with Gasteiger partial charge in [0.25, 0.3) is 0 Å². The van der Waals surface area contributed by atoms with E-state index in [9.17, 15) is 4.79 Å². The minimum absolute atomic E-state index is 0.294. The van der Waals surface area contributed by atoms with Crippen LogP contribution >= 0.6 is 0 Å². The highest BCUT2D eigenvalue weighted by molar-refractivity contribution is 5.86. The van der Waals surface area contributed by atoms with Crippen molar-refractivity contribution in [3.05, 3.63) is 65.5 Å². The Hall–Kier alpha value is -3.74. The molecule has 5 rings (SSSR count). The van der Waals surface area contributed by atoms with Crippen molar-refractivity contribution in [1.29, 1.82) is 0 Å². The number of aromatic nitrogens is 3. The maximum atomic E-state index is 13.0. The second kappa shape index (κ2) is 9.86. The first-order chi connectivity index (χ1) is 18.0. The second-order valence-electron chi connectivity index (χ2n) is 11.7. The van der Waals surface area contributed by atoms with Gasteiger partial charge in [-0.25, -0.2) is 9.48 Å². The number of fused-ring (bicyclic) bond motifs is 2. The van der Waals surface area contributed by atoms with Gasteiger partial charge >= 0.3 is 6.09 Å². The maximum absolute atomic E-state index is 13.0. The number of hydrogen-bond acceptors (Lipinski definition) is 4. The van der Waals surface area contributed by atoms with Crippen molar-refractivity contribution in [1.82, 2.24) is 19.2 Å². The van der Waals surface area contributed by atoms with Gasteiger partial charge in [0.05, 0.1) is 24.5 Å². The zero-order valence-corrected chi connectivity index (χ0v) is 23.5. The molecule has 3 heterocycles. The Morgan fingerprint density at radius 3 is 2.66 bits per heavy atom. The van der Waals surface area contributed by atoms with E-state index in [0.717, 1.165) is 44.9 Å². The third-order valence-electron chi connectivity index (χ3n) is 6.83. The van der Waals surface area contributed by atoms with E-state index in [4.69, 9.17) is 14.6 Å². The van der Waals surface area contributed by atoms with Crippen LogP contribution in [0.1, 0.15) is 51.4 Å². The quantitative estimate of drug-likeness (QED) is 0.299. The summed E-state index contributed by atoms with van der Waals surface area (Å²) in [7, 11) is 2.05. The van der Waals surface area contributed by atoms with Gasteiger partial charge in [-0.05, 0) is 63.4 Å². The number of carbonyl (C=O) groups is 1. The molecule has 0 fully saturated rings. The Bertz CT molecular complexity index is 1490. The summed E-state index contributed by atoms with van der Waals surface area (Å²) in [5.74, 6) is 1.21. The number of para-hydroxylation sites is 1. The van der Waals surface area contributed by atoms with Gasteiger partial charge in [-0.2, -0.15) is 5.10 Å². The molecule has 0 bridgehead atoms. The molecular weight excluding hydrogens is 476 g/mol. The van der Waals surface area contributed by atoms with E-state index in [1.807, 2.05) is 37.6 Å². The van der Waals surface area contributed by atoms with E-state index >= 15 is 0 Å². The molecule has 0 unspecified atom stereocenters. The summed E-state index contributed by atoms with van der Waals surface area (Å²) in [6, 6.07) is 14.8. The molecule has 2 aromatic carbocycles. The summed E-state index contributed by atoms with van der Waals surface area (Å²) in [4.78, 5) is 14.8. The smallest absolute Gasteiger partial charge is 0.410 e. The first-order valence-electron chi connectivity index (χ1n) is 13.4. The van der Waals surface area contributed by atoms with Gasteiger partial charge in [0.15, 0.2) is 0 Å². The van der Waals surface area contributed by atoms with Crippen LogP contribution in [0.5, 0.6) is 5.75 Å². The van der Waals surface area contributed by atoms with Crippen molar-refractivity contribution in [3.8, 4) is 22.7 Å². The predicted molar refractivity (Wildman–Crippen MR) is 151 cm³/mol. The molecule has 0 saturated carbocycles. The number of nitrogens with zero attached hydrogens (tertiary/aromatic N) is 4. The summed E-state index contributed by atoms with van der Waals surface area (Å²) < 4.78 is 16.2. The topological polar surface area (TPSA) is 61.5 Å². The average Bonchev–Trinajstić information content (AvgIpc) is 3.41. The zero-order valence-electron chi connectivity index (χ0n) is 23.5. The van der Waals surface area contributed by atoms with E-state index in [1.54, 1.807) is 4.90 Å². The fraction of sp³-hybridized carbons (Fsp3) is 0.419. The van der Waals surface area contributed by atoms with Gasteiger partial charge in [-0.15, -0.1) is 0 Å². The molecule has 200 valence electrons. The van der Waals surface area contributed by atoms with Crippen molar-refractivity contribution >= 4 is 17.0 Å². The number of ether oxygens (including phenoxy) is 2. The highest BCUT2D eigenvalue weighted by atomic mass is 16.6. The molecule has 0 aliphatic carbocycles. The Kier molecular flexibility index (Phi) is 6.72. The fourth-order valence-corrected chi connectivity index (χ4v) is 5.02. The van der Waals surface area contributed by atoms with Gasteiger partial charge in [-0.1, -0.05) is 32.0 Å². The molecule has 0 atom stereocenters. The minimum atomic E-state index is -0.549. The standard InChI is InChI=1S/C31H38N4O3/c1-20(2)19-37-27-10-8-9-21(3)28(27)35-29(23-11-12-26-22(17-23)13-15-33(26)7)24-18-34(16-14-25(24)32-35)30(36)38-31(4,5)6/h8-13,15,17,20H,14,16,18-19H2,1-7H3. The SMILES string of the molecule is Cc1cccc(OCC(C)C)c1-n1nc2c(c1-c1ccc3c(ccn3C)c1)CN(C(=O)OC(C)(C)C)CC2. The van der Waals surface area contributed by atoms with Crippen LogP contribution in [0.4, 0.5) is 4.79 Å². The number of carbonyl (C=O) groups excluding carboxylic acids is 1. The Labute approximate surface area is 225 Å². The molecule has 1 aliphatic rings. The van der Waals surface area contributed by atoms with Gasteiger partial charge in [0.1, 0.15) is 17.0 Å². The lowest BCUT2D eigenvalue weighted by Crippen LogP contribution is -2.39. The molecule has 7 nitrogen and oxygen atoms in total. The second-order valence-corrected chi connectivity index (χ2v) is 11.7. The molecule has 7 heteroatoms. The van der Waals surface area contributed by atoms with Crippen molar-refractivity contribution in [3.63, 3.8) is 0 Å². The predicted octanol–water partition coefficient (Wildman–Crippen LogP) is 6.67. The maximum Gasteiger partial charge on any atom is 0.410 e. The lowest BCUT2D eigenvalue weighted by Gasteiger charge is -2.30. The van der Waals surface area contributed by atoms with Gasteiger partial charge in [0, 0.05) is 48.2 Å². The minimum Gasteiger partial charge on any atom is -0.491 e. The monoisotopic (exact) mass is 514 g/mol. The number of benzene rings is 2. The molecule has 38 heavy (non-hydrogen) atoms.